The molecule has 5 heteroatoms. The highest BCUT2D eigenvalue weighted by molar-refractivity contribution is 6.32. The number of hydrogen-bond acceptors (Lipinski definition) is 2. The third kappa shape index (κ3) is 4.01. The van der Waals surface area contributed by atoms with Gasteiger partial charge in [0.25, 0.3) is 5.91 Å². The van der Waals surface area contributed by atoms with Crippen LogP contribution in [0.25, 0.3) is 6.08 Å². The summed E-state index contributed by atoms with van der Waals surface area (Å²) < 4.78 is 0. The summed E-state index contributed by atoms with van der Waals surface area (Å²) in [5.74, 6) is 0.458. The number of hydrogen-bond donors (Lipinski definition) is 1. The van der Waals surface area contributed by atoms with Crippen molar-refractivity contribution in [2.45, 2.75) is 12.8 Å². The average molecular weight is 345 g/mol. The van der Waals surface area contributed by atoms with E-state index in [1.165, 1.54) is 0 Å². The van der Waals surface area contributed by atoms with Crippen LogP contribution in [-0.4, -0.2) is 11.7 Å². The number of benzene rings is 2. The Morgan fingerprint density at radius 1 is 1.04 bits per heavy atom. The standard InChI is InChI=1S/C18H14Cl2N2O/c19-14-6-3-4-12(10-14)8-9-17-21-16(18(23)22-17)11-13-5-1-2-7-15(13)20/h1-7,10-11H,8-9H2,(H,21,22,23)/b16-11-. The molecule has 1 aliphatic heterocycles. The fourth-order valence-electron chi connectivity index (χ4n) is 2.33. The van der Waals surface area contributed by atoms with Crippen LogP contribution in [0.2, 0.25) is 10.0 Å². The van der Waals surface area contributed by atoms with E-state index in [0.29, 0.717) is 28.0 Å². The summed E-state index contributed by atoms with van der Waals surface area (Å²) in [5, 5.41) is 4.10. The average Bonchev–Trinajstić information content (AvgIpc) is 2.88. The highest BCUT2D eigenvalue weighted by atomic mass is 35.5. The van der Waals surface area contributed by atoms with Gasteiger partial charge in [0.2, 0.25) is 0 Å². The van der Waals surface area contributed by atoms with Crippen LogP contribution in [0.5, 0.6) is 0 Å². The van der Waals surface area contributed by atoms with E-state index in [1.54, 1.807) is 12.1 Å². The summed E-state index contributed by atoms with van der Waals surface area (Å²) in [5.41, 5.74) is 2.26. The number of carbonyl (C=O) groups excluding carboxylic acids is 1. The maximum absolute atomic E-state index is 12.0. The number of nitrogens with zero attached hydrogens (tertiary/aromatic N) is 1. The molecule has 0 saturated heterocycles. The molecule has 0 spiro atoms. The van der Waals surface area contributed by atoms with Crippen LogP contribution in [0.15, 0.2) is 59.2 Å². The van der Waals surface area contributed by atoms with Gasteiger partial charge in [0.15, 0.2) is 0 Å². The van der Waals surface area contributed by atoms with E-state index in [1.807, 2.05) is 42.5 Å². The summed E-state index contributed by atoms with van der Waals surface area (Å²) in [6, 6.07) is 15.0. The van der Waals surface area contributed by atoms with Crippen LogP contribution in [0.3, 0.4) is 0 Å². The van der Waals surface area contributed by atoms with Gasteiger partial charge >= 0.3 is 0 Å². The second-order valence-electron chi connectivity index (χ2n) is 5.19. The molecule has 2 aromatic rings. The van der Waals surface area contributed by atoms with Crippen molar-refractivity contribution >= 4 is 41.0 Å². The Labute approximate surface area is 144 Å². The quantitative estimate of drug-likeness (QED) is 0.815. The monoisotopic (exact) mass is 344 g/mol. The van der Waals surface area contributed by atoms with Crippen molar-refractivity contribution in [1.82, 2.24) is 5.32 Å². The molecule has 0 fully saturated rings. The molecule has 1 aliphatic rings. The zero-order valence-electron chi connectivity index (χ0n) is 12.2. The largest absolute Gasteiger partial charge is 0.309 e. The normalized spacial score (nSPS) is 15.7. The van der Waals surface area contributed by atoms with Crippen LogP contribution in [-0.2, 0) is 11.2 Å². The molecule has 0 aromatic heterocycles. The summed E-state index contributed by atoms with van der Waals surface area (Å²) in [4.78, 5) is 16.4. The summed E-state index contributed by atoms with van der Waals surface area (Å²) in [6.45, 7) is 0. The first kappa shape index (κ1) is 15.8. The predicted octanol–water partition coefficient (Wildman–Crippen LogP) is 4.50. The van der Waals surface area contributed by atoms with E-state index in [9.17, 15) is 4.79 Å². The topological polar surface area (TPSA) is 41.5 Å². The van der Waals surface area contributed by atoms with Gasteiger partial charge in [-0.2, -0.15) is 0 Å². The van der Waals surface area contributed by atoms with Crippen LogP contribution >= 0.6 is 23.2 Å². The molecular formula is C18H14Cl2N2O. The molecule has 3 rings (SSSR count). The molecule has 0 radical (unpaired) electrons. The highest BCUT2D eigenvalue weighted by Crippen LogP contribution is 2.20. The smallest absolute Gasteiger partial charge is 0.275 e. The third-order valence-corrected chi connectivity index (χ3v) is 4.06. The lowest BCUT2D eigenvalue weighted by Gasteiger charge is -2.01. The molecule has 2 aromatic carbocycles. The fourth-order valence-corrected chi connectivity index (χ4v) is 2.73. The van der Waals surface area contributed by atoms with Crippen molar-refractivity contribution in [3.63, 3.8) is 0 Å². The molecule has 0 aliphatic carbocycles. The summed E-state index contributed by atoms with van der Waals surface area (Å²) >= 11 is 12.1. The molecule has 0 atom stereocenters. The zero-order valence-corrected chi connectivity index (χ0v) is 13.7. The second kappa shape index (κ2) is 6.99. The lowest BCUT2D eigenvalue weighted by molar-refractivity contribution is -0.115. The summed E-state index contributed by atoms with van der Waals surface area (Å²) in [6.07, 6.45) is 3.11. The molecule has 1 N–H and O–H groups in total. The molecule has 0 saturated carbocycles. The maximum atomic E-state index is 12.0. The first-order valence-corrected chi connectivity index (χ1v) is 7.97. The zero-order chi connectivity index (χ0) is 16.2. The van der Waals surface area contributed by atoms with Crippen molar-refractivity contribution in [3.05, 3.63) is 75.4 Å². The highest BCUT2D eigenvalue weighted by Gasteiger charge is 2.19. The molecule has 116 valence electrons. The minimum atomic E-state index is -0.203. The van der Waals surface area contributed by atoms with E-state index in [-0.39, 0.29) is 5.91 Å². The lowest BCUT2D eigenvalue weighted by atomic mass is 10.1. The first-order chi connectivity index (χ1) is 11.1. The number of aryl methyl sites for hydroxylation is 1. The Hall–Kier alpha value is -2.10. The van der Waals surface area contributed by atoms with Crippen LogP contribution in [0.1, 0.15) is 17.5 Å². The van der Waals surface area contributed by atoms with Gasteiger partial charge in [-0.3, -0.25) is 4.79 Å². The van der Waals surface area contributed by atoms with E-state index >= 15 is 0 Å². The molecule has 23 heavy (non-hydrogen) atoms. The third-order valence-electron chi connectivity index (χ3n) is 3.48. The van der Waals surface area contributed by atoms with E-state index in [0.717, 1.165) is 17.5 Å². The van der Waals surface area contributed by atoms with Gasteiger partial charge < -0.3 is 5.32 Å². The van der Waals surface area contributed by atoms with Crippen LogP contribution in [0, 0.1) is 0 Å². The van der Waals surface area contributed by atoms with Crippen molar-refractivity contribution < 1.29 is 4.79 Å². The van der Waals surface area contributed by atoms with Gasteiger partial charge in [0, 0.05) is 16.5 Å². The number of rotatable bonds is 4. The van der Waals surface area contributed by atoms with Crippen molar-refractivity contribution in [1.29, 1.82) is 0 Å². The molecular weight excluding hydrogens is 331 g/mol. The molecule has 3 nitrogen and oxygen atoms in total. The molecule has 0 unspecified atom stereocenters. The van der Waals surface area contributed by atoms with Crippen molar-refractivity contribution in [2.75, 3.05) is 0 Å². The summed E-state index contributed by atoms with van der Waals surface area (Å²) in [7, 11) is 0. The Balaban J connectivity index is 1.73. The second-order valence-corrected chi connectivity index (χ2v) is 6.04. The molecule has 1 amide bonds. The van der Waals surface area contributed by atoms with E-state index < -0.39 is 0 Å². The minimum Gasteiger partial charge on any atom is -0.309 e. The van der Waals surface area contributed by atoms with Gasteiger partial charge in [-0.05, 0) is 41.8 Å². The van der Waals surface area contributed by atoms with Gasteiger partial charge in [0.1, 0.15) is 11.5 Å². The van der Waals surface area contributed by atoms with Gasteiger partial charge in [-0.25, -0.2) is 4.99 Å². The van der Waals surface area contributed by atoms with Gasteiger partial charge in [-0.15, -0.1) is 0 Å². The predicted molar refractivity (Wildman–Crippen MR) is 94.8 cm³/mol. The van der Waals surface area contributed by atoms with Crippen LogP contribution in [0.4, 0.5) is 0 Å². The number of amides is 1. The van der Waals surface area contributed by atoms with Crippen LogP contribution < -0.4 is 5.32 Å². The van der Waals surface area contributed by atoms with Crippen molar-refractivity contribution in [2.24, 2.45) is 4.99 Å². The number of nitrogens with one attached hydrogen (secondary N) is 1. The fraction of sp³-hybridized carbons (Fsp3) is 0.111. The number of aliphatic imine (C=N–C) groups is 1. The van der Waals surface area contributed by atoms with E-state index in [2.05, 4.69) is 10.3 Å². The molecule has 1 heterocycles. The first-order valence-electron chi connectivity index (χ1n) is 7.21. The molecule has 0 bridgehead atoms. The Morgan fingerprint density at radius 2 is 1.87 bits per heavy atom. The van der Waals surface area contributed by atoms with Gasteiger partial charge in [0.05, 0.1) is 0 Å². The van der Waals surface area contributed by atoms with E-state index in [4.69, 9.17) is 23.2 Å². The number of halogens is 2. The lowest BCUT2D eigenvalue weighted by Crippen LogP contribution is -2.24. The number of amidine groups is 1. The van der Waals surface area contributed by atoms with Crippen molar-refractivity contribution in [3.8, 4) is 0 Å². The van der Waals surface area contributed by atoms with Gasteiger partial charge in [-0.1, -0.05) is 53.5 Å². The Morgan fingerprint density at radius 3 is 2.65 bits per heavy atom. The minimum absolute atomic E-state index is 0.203. The Bertz CT molecular complexity index is 812. The number of carbonyl (C=O) groups is 1. The Kier molecular flexibility index (Phi) is 4.79. The maximum Gasteiger partial charge on any atom is 0.275 e. The SMILES string of the molecule is O=C1NC(CCc2cccc(Cl)c2)=N/C1=C\c1ccccc1Cl.